The van der Waals surface area contributed by atoms with Crippen LogP contribution in [0.25, 0.3) is 10.4 Å². The number of methoxy groups -OCH3 is 1. The lowest BCUT2D eigenvalue weighted by Gasteiger charge is -2.43. The van der Waals surface area contributed by atoms with Gasteiger partial charge >= 0.3 is 0 Å². The van der Waals surface area contributed by atoms with E-state index in [1.54, 1.807) is 44.4 Å². The standard InChI is InChI=1S/C61H82N10O8S2/c1-40(2)81(77,78)52-16-14-13-15-45(52)32-53-63-38-64-54(66-53)33-46-31-41(3)49(35-51(46)79-8)69-25-23-47(24-26-69)68-27-29-70(30-28-68)56(74)18-12-10-9-11-17-55(73)67-58(61(5,6)7)60(76)71-37-48(72)34-50(71)59(75)62-36-43-19-21-44(22-20-43)57-42(4)65-39-80-57/h13-16,19-22,31,35,38-40,47-48,50,58,72H,9-12,17-18,23-30,32-34,36-37H2,1-8H3,(H,62,75)(H,67,73)/t48-,50+,58-/m1/s1. The van der Waals surface area contributed by atoms with E-state index in [2.05, 4.69) is 54.4 Å². The Morgan fingerprint density at radius 3 is 2.15 bits per heavy atom. The topological polar surface area (TPSA) is 220 Å². The Kier molecular flexibility index (Phi) is 20.4. The molecule has 0 bridgehead atoms. The molecule has 5 heterocycles. The highest BCUT2D eigenvalue weighted by atomic mass is 32.2. The molecule has 3 fully saturated rings. The zero-order valence-corrected chi connectivity index (χ0v) is 50.1. The molecule has 436 valence electrons. The first-order valence-corrected chi connectivity index (χ1v) is 31.1. The number of thiazole rings is 1. The maximum Gasteiger partial charge on any atom is 0.246 e. The van der Waals surface area contributed by atoms with Gasteiger partial charge in [0.2, 0.25) is 23.6 Å². The van der Waals surface area contributed by atoms with Gasteiger partial charge < -0.3 is 35.2 Å². The number of rotatable bonds is 22. The molecule has 2 aromatic heterocycles. The van der Waals surface area contributed by atoms with E-state index in [1.807, 2.05) is 74.5 Å². The number of nitrogens with zero attached hydrogens (tertiary/aromatic N) is 8. The molecule has 0 saturated carbocycles. The zero-order chi connectivity index (χ0) is 58.0. The van der Waals surface area contributed by atoms with Crippen molar-refractivity contribution in [3.8, 4) is 16.2 Å². The fourth-order valence-corrected chi connectivity index (χ4v) is 13.5. The summed E-state index contributed by atoms with van der Waals surface area (Å²) in [6.07, 6.45) is 7.16. The number of β-amino-alcohol motifs (C(OH)–C–C–N with tert-alkyl or cyclic N) is 1. The van der Waals surface area contributed by atoms with Crippen LogP contribution in [0.2, 0.25) is 0 Å². The third-order valence-corrected chi connectivity index (χ3v) is 19.3. The first-order chi connectivity index (χ1) is 38.7. The average Bonchev–Trinajstić information content (AvgIpc) is 4.28. The van der Waals surface area contributed by atoms with Crippen LogP contribution in [0.5, 0.6) is 5.75 Å². The van der Waals surface area contributed by atoms with Crippen LogP contribution in [0.1, 0.15) is 132 Å². The van der Waals surface area contributed by atoms with Crippen molar-refractivity contribution in [3.05, 3.63) is 112 Å². The number of aromatic nitrogens is 4. The molecule has 4 amide bonds. The van der Waals surface area contributed by atoms with Gasteiger partial charge in [0.25, 0.3) is 0 Å². The Labute approximate surface area is 482 Å². The van der Waals surface area contributed by atoms with Crippen molar-refractivity contribution in [1.29, 1.82) is 0 Å². The van der Waals surface area contributed by atoms with Crippen molar-refractivity contribution < 1.29 is 37.4 Å². The Bertz CT molecular complexity index is 3090. The number of aliphatic hydroxyl groups excluding tert-OH is 1. The van der Waals surface area contributed by atoms with E-state index in [9.17, 15) is 32.7 Å². The van der Waals surface area contributed by atoms with Crippen molar-refractivity contribution in [1.82, 2.24) is 45.3 Å². The maximum absolute atomic E-state index is 14.1. The lowest BCUT2D eigenvalue weighted by atomic mass is 9.85. The molecule has 3 saturated heterocycles. The van der Waals surface area contributed by atoms with Crippen LogP contribution in [0.15, 0.2) is 77.4 Å². The minimum Gasteiger partial charge on any atom is -0.496 e. The van der Waals surface area contributed by atoms with Gasteiger partial charge in [0.1, 0.15) is 35.8 Å². The van der Waals surface area contributed by atoms with Crippen molar-refractivity contribution >= 4 is 50.5 Å². The number of hydrogen-bond donors (Lipinski definition) is 3. The second-order valence-corrected chi connectivity index (χ2v) is 26.6. The average molecular weight is 1150 g/mol. The summed E-state index contributed by atoms with van der Waals surface area (Å²) >= 11 is 1.58. The largest absolute Gasteiger partial charge is 0.496 e. The smallest absolute Gasteiger partial charge is 0.246 e. The van der Waals surface area contributed by atoms with Crippen LogP contribution in [-0.4, -0.2) is 154 Å². The van der Waals surface area contributed by atoms with Gasteiger partial charge in [-0.2, -0.15) is 0 Å². The Morgan fingerprint density at radius 1 is 0.840 bits per heavy atom. The molecule has 3 aliphatic heterocycles. The first-order valence-electron chi connectivity index (χ1n) is 28.7. The summed E-state index contributed by atoms with van der Waals surface area (Å²) < 4.78 is 32.1. The molecule has 81 heavy (non-hydrogen) atoms. The Hall–Kier alpha value is -6.35. The molecule has 0 aliphatic carbocycles. The fraction of sp³-hybridized carbons (Fsp3) is 0.541. The van der Waals surface area contributed by atoms with Crippen molar-refractivity contribution in [2.45, 2.75) is 160 Å². The SMILES string of the molecule is COc1cc(N2CCC(N3CCN(C(=O)CCCCCCC(=O)N[C@H](C(=O)N4C[C@H](O)C[C@H]4C(=O)NCc4ccc(-c5scnc5C)cc4)C(C)(C)C)CC3)CC2)c(C)cc1Cc1ncnc(Cc2ccccc2S(=O)(=O)C(C)C)n1. The van der Waals surface area contributed by atoms with E-state index < -0.39 is 38.7 Å². The minimum absolute atomic E-state index is 0.0116. The highest BCUT2D eigenvalue weighted by Crippen LogP contribution is 2.34. The highest BCUT2D eigenvalue weighted by Gasteiger charge is 2.44. The molecular weight excluding hydrogens is 1060 g/mol. The number of unbranched alkanes of at least 4 members (excludes halogenated alkanes) is 3. The van der Waals surface area contributed by atoms with E-state index in [0.29, 0.717) is 60.5 Å². The normalized spacial score (nSPS) is 17.8. The number of aliphatic hydroxyl groups is 1. The van der Waals surface area contributed by atoms with Crippen molar-refractivity contribution in [2.75, 3.05) is 57.8 Å². The van der Waals surface area contributed by atoms with E-state index >= 15 is 0 Å². The van der Waals surface area contributed by atoms with Crippen LogP contribution in [0, 0.1) is 19.3 Å². The molecule has 3 N–H and O–H groups in total. The van der Waals surface area contributed by atoms with Gasteiger partial charge in [0.05, 0.1) is 39.4 Å². The van der Waals surface area contributed by atoms with Gasteiger partial charge in [-0.25, -0.2) is 28.4 Å². The number of anilines is 1. The number of benzene rings is 3. The Morgan fingerprint density at radius 2 is 1.51 bits per heavy atom. The van der Waals surface area contributed by atoms with E-state index in [0.717, 1.165) is 103 Å². The van der Waals surface area contributed by atoms with Crippen LogP contribution in [-0.2, 0) is 48.4 Å². The number of nitrogens with one attached hydrogen (secondary N) is 2. The van der Waals surface area contributed by atoms with Crippen LogP contribution in [0.4, 0.5) is 5.69 Å². The predicted octanol–water partition coefficient (Wildman–Crippen LogP) is 7.25. The number of aryl methyl sites for hydroxylation is 2. The number of ether oxygens (including phenoxy) is 1. The molecule has 5 aromatic rings. The number of carbonyl (C=O) groups is 4. The third-order valence-electron chi connectivity index (χ3n) is 16.1. The van der Waals surface area contributed by atoms with Crippen molar-refractivity contribution in [3.63, 3.8) is 0 Å². The number of amides is 4. The summed E-state index contributed by atoms with van der Waals surface area (Å²) in [7, 11) is -1.80. The zero-order valence-electron chi connectivity index (χ0n) is 48.4. The van der Waals surface area contributed by atoms with Crippen molar-refractivity contribution in [2.24, 2.45) is 5.41 Å². The highest BCUT2D eigenvalue weighted by molar-refractivity contribution is 7.92. The monoisotopic (exact) mass is 1150 g/mol. The van der Waals surface area contributed by atoms with Gasteiger partial charge in [0.15, 0.2) is 9.84 Å². The molecule has 0 unspecified atom stereocenters. The molecule has 18 nitrogen and oxygen atoms in total. The minimum atomic E-state index is -3.48. The third kappa shape index (κ3) is 15.4. The molecule has 8 rings (SSSR count). The van der Waals surface area contributed by atoms with E-state index in [1.165, 1.54) is 11.2 Å². The Balaban J connectivity index is 0.726. The molecule has 3 aromatic carbocycles. The summed E-state index contributed by atoms with van der Waals surface area (Å²) in [6, 6.07) is 17.9. The summed E-state index contributed by atoms with van der Waals surface area (Å²) in [5, 5.41) is 16.0. The fourth-order valence-electron chi connectivity index (χ4n) is 11.4. The van der Waals surface area contributed by atoms with Crippen LogP contribution >= 0.6 is 11.3 Å². The molecule has 0 spiro atoms. The molecule has 20 heteroatoms. The summed E-state index contributed by atoms with van der Waals surface area (Å²) in [6.45, 7) is 18.3. The van der Waals surface area contributed by atoms with E-state index in [4.69, 9.17) is 9.72 Å². The quantitative estimate of drug-likeness (QED) is 0.0582. The second kappa shape index (κ2) is 27.2. The molecule has 3 aliphatic rings. The number of piperazine rings is 1. The van der Waals surface area contributed by atoms with Gasteiger partial charge in [-0.3, -0.25) is 24.1 Å². The lowest BCUT2D eigenvalue weighted by molar-refractivity contribution is -0.144. The number of sulfone groups is 1. The first kappa shape index (κ1) is 60.7. The van der Waals surface area contributed by atoms with Gasteiger partial charge in [0, 0.05) is 108 Å². The second-order valence-electron chi connectivity index (χ2n) is 23.3. The van der Waals surface area contributed by atoms with Gasteiger partial charge in [-0.05, 0) is 93.2 Å². The number of hydrogen-bond acceptors (Lipinski definition) is 15. The van der Waals surface area contributed by atoms with Gasteiger partial charge in [-0.15, -0.1) is 11.3 Å². The number of carbonyl (C=O) groups excluding carboxylic acids is 4. The molecule has 0 radical (unpaired) electrons. The summed E-state index contributed by atoms with van der Waals surface area (Å²) in [5.41, 5.74) is 7.99. The number of piperidine rings is 1. The predicted molar refractivity (Wildman–Crippen MR) is 315 cm³/mol. The summed E-state index contributed by atoms with van der Waals surface area (Å²) in [4.78, 5) is 82.0. The van der Waals surface area contributed by atoms with Crippen LogP contribution in [0.3, 0.4) is 0 Å². The van der Waals surface area contributed by atoms with Gasteiger partial charge in [-0.1, -0.05) is 76.1 Å². The van der Waals surface area contributed by atoms with E-state index in [-0.39, 0.29) is 56.0 Å². The number of likely N-dealkylation sites (tertiary alicyclic amines) is 1. The molecule has 3 atom stereocenters. The maximum atomic E-state index is 14.1. The lowest BCUT2D eigenvalue weighted by Crippen LogP contribution is -2.57. The summed E-state index contributed by atoms with van der Waals surface area (Å²) in [5.74, 6) is 1.04. The molecular formula is C61H82N10O8S2. The van der Waals surface area contributed by atoms with Crippen LogP contribution < -0.4 is 20.3 Å².